The van der Waals surface area contributed by atoms with Crippen molar-refractivity contribution in [1.29, 1.82) is 0 Å². The maximum absolute atomic E-state index is 11.7. The third-order valence-corrected chi connectivity index (χ3v) is 8.54. The van der Waals surface area contributed by atoms with Crippen molar-refractivity contribution in [3.8, 4) is 0 Å². The van der Waals surface area contributed by atoms with Crippen molar-refractivity contribution in [3.63, 3.8) is 0 Å². The summed E-state index contributed by atoms with van der Waals surface area (Å²) in [6.45, 7) is 1.98. The second-order valence-corrected chi connectivity index (χ2v) is 13.0. The average Bonchev–Trinajstić information content (AvgIpc) is 3.01. The second-order valence-electron chi connectivity index (χ2n) is 10.2. The molecule has 0 aliphatic carbocycles. The predicted molar refractivity (Wildman–Crippen MR) is 186 cm³/mol. The minimum absolute atomic E-state index is 0.170. The number of aryl methyl sites for hydroxylation is 1. The van der Waals surface area contributed by atoms with Crippen LogP contribution in [0.25, 0.3) is 21.5 Å². The molecule has 13 heteroatoms. The molecule has 0 spiro atoms. The molecule has 0 aromatic heterocycles. The van der Waals surface area contributed by atoms with Crippen LogP contribution in [0, 0.1) is 6.92 Å². The molecule has 0 saturated carbocycles. The van der Waals surface area contributed by atoms with Gasteiger partial charge in [-0.2, -0.15) is 16.8 Å². The minimum atomic E-state index is -4.36. The fourth-order valence-electron chi connectivity index (χ4n) is 4.53. The molecule has 11 N–H and O–H groups in total. The highest BCUT2D eigenvalue weighted by atomic mass is 32.2. The second kappa shape index (κ2) is 13.7. The van der Waals surface area contributed by atoms with Gasteiger partial charge in [-0.15, -0.1) is 0 Å². The van der Waals surface area contributed by atoms with Gasteiger partial charge in [0.1, 0.15) is 4.90 Å². The van der Waals surface area contributed by atoms with Crippen LogP contribution >= 0.6 is 0 Å². The fraction of sp³-hybridized carbons (Fsp3) is 0.0303. The van der Waals surface area contributed by atoms with E-state index in [4.69, 9.17) is 27.5 Å². The van der Waals surface area contributed by atoms with Gasteiger partial charge >= 0.3 is 0 Å². The number of fused-ring (bicyclic) bond motifs is 2. The first-order valence-electron chi connectivity index (χ1n) is 13.6. The summed E-state index contributed by atoms with van der Waals surface area (Å²) in [7, 11) is -8.47. The zero-order valence-electron chi connectivity index (χ0n) is 24.6. The molecule has 0 fully saturated rings. The first-order valence-corrected chi connectivity index (χ1v) is 16.5. The monoisotopic (exact) mass is 659 g/mol. The highest BCUT2D eigenvalue weighted by molar-refractivity contribution is 7.86. The van der Waals surface area contributed by atoms with Gasteiger partial charge in [0.25, 0.3) is 20.2 Å². The number of hydrogen-bond donors (Lipinski definition) is 7. The maximum Gasteiger partial charge on any atom is 0.295 e. The zero-order chi connectivity index (χ0) is 33.6. The number of nitrogen functional groups attached to an aromatic ring is 4. The van der Waals surface area contributed by atoms with E-state index in [0.717, 1.165) is 33.4 Å². The van der Waals surface area contributed by atoms with Crippen molar-refractivity contribution >= 4 is 75.9 Å². The summed E-state index contributed by atoms with van der Waals surface area (Å²) in [5.74, 6) is 0. The molecule has 6 aromatic rings. The fourth-order valence-corrected chi connectivity index (χ4v) is 5.79. The van der Waals surface area contributed by atoms with E-state index >= 15 is 0 Å². The summed E-state index contributed by atoms with van der Waals surface area (Å²) < 4.78 is 62.4. The summed E-state index contributed by atoms with van der Waals surface area (Å²) in [5.41, 5.74) is 27.6. The number of anilines is 6. The Morgan fingerprint density at radius 3 is 1.61 bits per heavy atom. The Kier molecular flexibility index (Phi) is 10.0. The summed E-state index contributed by atoms with van der Waals surface area (Å²) in [5, 5.41) is 6.17. The SMILES string of the molecule is Cc1ccc(Nc2ccc(N)c3cccc(S(=O)(=O)O)c23)cc1.Nc1ccc(N)c2ccccc12.Nc1cccc(S(=O)(=O)O)c1. The molecule has 0 radical (unpaired) electrons. The van der Waals surface area contributed by atoms with Crippen LogP contribution in [0.4, 0.5) is 34.1 Å². The Hall–Kier alpha value is -5.34. The van der Waals surface area contributed by atoms with E-state index in [-0.39, 0.29) is 9.79 Å². The summed E-state index contributed by atoms with van der Waals surface area (Å²) in [4.78, 5) is -0.352. The van der Waals surface area contributed by atoms with E-state index in [1.807, 2.05) is 67.6 Å². The van der Waals surface area contributed by atoms with Crippen LogP contribution in [0.15, 0.2) is 125 Å². The van der Waals surface area contributed by atoms with E-state index in [0.29, 0.717) is 27.8 Å². The van der Waals surface area contributed by atoms with Gasteiger partial charge in [0, 0.05) is 55.7 Å². The molecule has 0 bridgehead atoms. The van der Waals surface area contributed by atoms with Crippen LogP contribution in [0.2, 0.25) is 0 Å². The lowest BCUT2D eigenvalue weighted by atomic mass is 10.1. The molecule has 0 amide bonds. The quantitative estimate of drug-likeness (QED) is 0.0828. The topological polar surface area (TPSA) is 225 Å². The van der Waals surface area contributed by atoms with E-state index in [1.165, 1.54) is 30.3 Å². The lowest BCUT2D eigenvalue weighted by Gasteiger charge is -2.14. The normalized spacial score (nSPS) is 11.2. The van der Waals surface area contributed by atoms with Crippen LogP contribution in [-0.2, 0) is 20.2 Å². The van der Waals surface area contributed by atoms with Crippen molar-refractivity contribution in [2.24, 2.45) is 0 Å². The smallest absolute Gasteiger partial charge is 0.295 e. The Bertz CT molecular complexity index is 2200. The van der Waals surface area contributed by atoms with Crippen molar-refractivity contribution in [1.82, 2.24) is 0 Å². The molecule has 11 nitrogen and oxygen atoms in total. The molecule has 6 aromatic carbocycles. The lowest BCUT2D eigenvalue weighted by Crippen LogP contribution is -2.02. The van der Waals surface area contributed by atoms with Gasteiger partial charge in [0.05, 0.1) is 4.90 Å². The molecule has 0 aliphatic rings. The van der Waals surface area contributed by atoms with Gasteiger partial charge in [-0.25, -0.2) is 0 Å². The standard InChI is InChI=1S/C17H16N2O3S.C10H10N2.C6H7NO3S/c1-11-5-7-12(8-6-11)19-15-10-9-14(18)13-3-2-4-16(17(13)15)23(20,21)22;11-9-5-6-10(12)8-4-2-1-3-7(8)9;7-5-2-1-3-6(4-5)11(8,9)10/h2-10,19H,18H2,1H3,(H,20,21,22);1-6H,11-12H2;1-4H,7H2,(H,8,9,10). The highest BCUT2D eigenvalue weighted by Crippen LogP contribution is 2.35. The van der Waals surface area contributed by atoms with Crippen molar-refractivity contribution in [3.05, 3.63) is 121 Å². The van der Waals surface area contributed by atoms with Gasteiger partial charge in [0.15, 0.2) is 0 Å². The van der Waals surface area contributed by atoms with Crippen LogP contribution in [0.5, 0.6) is 0 Å². The first-order chi connectivity index (χ1) is 21.6. The Labute approximate surface area is 267 Å². The summed E-state index contributed by atoms with van der Waals surface area (Å²) in [6.07, 6.45) is 0. The van der Waals surface area contributed by atoms with Crippen molar-refractivity contribution < 1.29 is 25.9 Å². The third kappa shape index (κ3) is 8.22. The van der Waals surface area contributed by atoms with Gasteiger partial charge in [-0.05, 0) is 67.6 Å². The molecule has 6 rings (SSSR count). The Morgan fingerprint density at radius 1 is 0.565 bits per heavy atom. The van der Waals surface area contributed by atoms with Crippen LogP contribution in [-0.4, -0.2) is 25.9 Å². The summed E-state index contributed by atoms with van der Waals surface area (Å²) >= 11 is 0. The molecular weight excluding hydrogens is 627 g/mol. The van der Waals surface area contributed by atoms with Gasteiger partial charge in [0.2, 0.25) is 0 Å². The number of benzene rings is 6. The van der Waals surface area contributed by atoms with Gasteiger partial charge in [-0.3, -0.25) is 9.11 Å². The molecule has 0 aliphatic heterocycles. The number of hydrogen-bond acceptors (Lipinski definition) is 9. The van der Waals surface area contributed by atoms with E-state index < -0.39 is 20.2 Å². The molecule has 0 atom stereocenters. The maximum atomic E-state index is 11.7. The van der Waals surface area contributed by atoms with Crippen molar-refractivity contribution in [2.75, 3.05) is 28.3 Å². The molecule has 0 heterocycles. The molecule has 238 valence electrons. The van der Waals surface area contributed by atoms with Crippen LogP contribution < -0.4 is 28.3 Å². The number of rotatable bonds is 4. The zero-order valence-corrected chi connectivity index (χ0v) is 26.3. The predicted octanol–water partition coefficient (Wildman–Crippen LogP) is 6.24. The van der Waals surface area contributed by atoms with E-state index in [1.54, 1.807) is 24.3 Å². The highest BCUT2D eigenvalue weighted by Gasteiger charge is 2.18. The first kappa shape index (κ1) is 33.6. The van der Waals surface area contributed by atoms with Crippen LogP contribution in [0.1, 0.15) is 5.56 Å². The van der Waals surface area contributed by atoms with Gasteiger partial charge < -0.3 is 28.3 Å². The number of nitrogens with one attached hydrogen (secondary N) is 1. The van der Waals surface area contributed by atoms with Crippen molar-refractivity contribution in [2.45, 2.75) is 16.7 Å². The van der Waals surface area contributed by atoms with E-state index in [2.05, 4.69) is 5.32 Å². The average molecular weight is 660 g/mol. The summed E-state index contributed by atoms with van der Waals surface area (Å²) in [6, 6.07) is 32.7. The number of nitrogens with two attached hydrogens (primary N) is 4. The third-order valence-electron chi connectivity index (χ3n) is 6.79. The lowest BCUT2D eigenvalue weighted by molar-refractivity contribution is 0.481. The molecular formula is C33H33N5O6S2. The minimum Gasteiger partial charge on any atom is -0.399 e. The molecule has 0 saturated heterocycles. The Balaban J connectivity index is 0.000000175. The van der Waals surface area contributed by atoms with Gasteiger partial charge in [-0.1, -0.05) is 60.2 Å². The molecule has 46 heavy (non-hydrogen) atoms. The van der Waals surface area contributed by atoms with Crippen LogP contribution in [0.3, 0.4) is 0 Å². The Morgan fingerprint density at radius 2 is 1.09 bits per heavy atom. The molecule has 0 unspecified atom stereocenters. The van der Waals surface area contributed by atoms with E-state index in [9.17, 15) is 21.4 Å². The largest absolute Gasteiger partial charge is 0.399 e.